The third-order valence-corrected chi connectivity index (χ3v) is 8.88. The summed E-state index contributed by atoms with van der Waals surface area (Å²) in [6.45, 7) is 2.87. The van der Waals surface area contributed by atoms with Crippen LogP contribution in [0.3, 0.4) is 0 Å². The van der Waals surface area contributed by atoms with E-state index >= 15 is 0 Å². The van der Waals surface area contributed by atoms with E-state index in [2.05, 4.69) is 15.7 Å². The lowest BCUT2D eigenvalue weighted by atomic mass is 9.92. The van der Waals surface area contributed by atoms with Crippen LogP contribution in [0.25, 0.3) is 5.69 Å². The maximum Gasteiger partial charge on any atom is 0.527 e. The predicted octanol–water partition coefficient (Wildman–Crippen LogP) is 0.964. The van der Waals surface area contributed by atoms with Gasteiger partial charge in [-0.3, -0.25) is 24.0 Å². The number of carbonyl (C=O) groups is 6. The van der Waals surface area contributed by atoms with Gasteiger partial charge in [-0.25, -0.2) is 9.48 Å². The Labute approximate surface area is 288 Å². The van der Waals surface area contributed by atoms with Crippen molar-refractivity contribution in [3.8, 4) is 11.6 Å². The first-order valence-electron chi connectivity index (χ1n) is 16.9. The van der Waals surface area contributed by atoms with Gasteiger partial charge < -0.3 is 39.9 Å². The van der Waals surface area contributed by atoms with E-state index in [4.69, 9.17) is 14.3 Å². The molecule has 3 fully saturated rings. The molecule has 3 aliphatic rings. The molecule has 0 bridgehead atoms. The fourth-order valence-electron chi connectivity index (χ4n) is 5.86. The molecule has 1 aliphatic carbocycles. The van der Waals surface area contributed by atoms with E-state index in [1.165, 1.54) is 20.7 Å². The molecule has 4 amide bonds. The van der Waals surface area contributed by atoms with Crippen molar-refractivity contribution >= 4 is 35.8 Å². The number of para-hydroxylation sites is 1. The zero-order valence-electron chi connectivity index (χ0n) is 28.0. The van der Waals surface area contributed by atoms with Crippen LogP contribution < -0.4 is 15.4 Å². The highest BCUT2D eigenvalue weighted by Crippen LogP contribution is 2.23. The number of benzene rings is 1. The lowest BCUT2D eigenvalue weighted by molar-refractivity contribution is -0.157. The summed E-state index contributed by atoms with van der Waals surface area (Å²) in [6.07, 6.45) is 2.24. The average Bonchev–Trinajstić information content (AvgIpc) is 3.76. The van der Waals surface area contributed by atoms with E-state index in [9.17, 15) is 33.9 Å². The second kappa shape index (κ2) is 17.0. The monoisotopic (exact) mass is 697 g/mol. The highest BCUT2D eigenvalue weighted by molar-refractivity contribution is 5.96. The van der Waals surface area contributed by atoms with Gasteiger partial charge in [0.15, 0.2) is 12.3 Å². The van der Waals surface area contributed by atoms with Crippen LogP contribution in [0, 0.1) is 5.92 Å². The molecule has 2 aromatic rings. The number of nitrogens with one attached hydrogen (secondary N) is 2. The van der Waals surface area contributed by atoms with E-state index in [0.717, 1.165) is 19.3 Å². The first kappa shape index (κ1) is 36.1. The lowest BCUT2D eigenvalue weighted by Crippen LogP contribution is -2.55. The number of amides is 4. The Morgan fingerprint density at radius 1 is 0.980 bits per heavy atom. The molecular formula is C33H43N7O10. The highest BCUT2D eigenvalue weighted by Gasteiger charge is 2.34. The second-order valence-corrected chi connectivity index (χ2v) is 12.4. The van der Waals surface area contributed by atoms with E-state index in [1.807, 2.05) is 0 Å². The van der Waals surface area contributed by atoms with Crippen LogP contribution in [-0.4, -0.2) is 130 Å². The fourth-order valence-corrected chi connectivity index (χ4v) is 5.86. The average molecular weight is 698 g/mol. The van der Waals surface area contributed by atoms with Gasteiger partial charge in [0.1, 0.15) is 6.04 Å². The van der Waals surface area contributed by atoms with E-state index in [0.29, 0.717) is 25.2 Å². The first-order valence-corrected chi connectivity index (χ1v) is 16.9. The minimum Gasteiger partial charge on any atom is -0.481 e. The number of carbonyl (C=O) groups excluding carboxylic acids is 5. The quantitative estimate of drug-likeness (QED) is 0.237. The molecule has 2 aliphatic heterocycles. The largest absolute Gasteiger partial charge is 0.527 e. The van der Waals surface area contributed by atoms with Gasteiger partial charge in [-0.2, -0.15) is 5.10 Å². The number of hydrogen-bond donors (Lipinski definition) is 3. The molecule has 3 N–H and O–H groups in total. The van der Waals surface area contributed by atoms with Crippen LogP contribution in [0.2, 0.25) is 0 Å². The number of ether oxygens (including phenoxy) is 2. The van der Waals surface area contributed by atoms with Crippen molar-refractivity contribution in [1.29, 1.82) is 0 Å². The summed E-state index contributed by atoms with van der Waals surface area (Å²) in [5, 5.41) is 20.8. The minimum absolute atomic E-state index is 0.0332. The molecule has 1 aromatic heterocycles. The zero-order chi connectivity index (χ0) is 35.6. The summed E-state index contributed by atoms with van der Waals surface area (Å²) in [6, 6.07) is 9.19. The molecule has 17 heteroatoms. The number of piperazine rings is 1. The molecule has 1 saturated carbocycles. The van der Waals surface area contributed by atoms with Gasteiger partial charge in [0, 0.05) is 44.7 Å². The zero-order valence-corrected chi connectivity index (χ0v) is 28.0. The number of likely N-dealkylation sites (tertiary alicyclic amines) is 1. The molecule has 17 nitrogen and oxygen atoms in total. The molecule has 1 unspecified atom stereocenters. The van der Waals surface area contributed by atoms with Crippen molar-refractivity contribution in [2.45, 2.75) is 57.5 Å². The predicted molar refractivity (Wildman–Crippen MR) is 174 cm³/mol. The number of hydroxylamine groups is 2. The Balaban J connectivity index is 1.23. The van der Waals surface area contributed by atoms with Crippen LogP contribution in [0.15, 0.2) is 36.4 Å². The van der Waals surface area contributed by atoms with Crippen LogP contribution in [0.4, 0.5) is 4.79 Å². The topological polar surface area (TPSA) is 202 Å². The Morgan fingerprint density at radius 2 is 1.72 bits per heavy atom. The van der Waals surface area contributed by atoms with Gasteiger partial charge in [-0.05, 0) is 51.2 Å². The summed E-state index contributed by atoms with van der Waals surface area (Å²) >= 11 is 0. The van der Waals surface area contributed by atoms with Gasteiger partial charge in [0.25, 0.3) is 11.8 Å². The number of aliphatic carboxylic acids is 1. The molecule has 1 aromatic carbocycles. The Kier molecular flexibility index (Phi) is 12.2. The van der Waals surface area contributed by atoms with Gasteiger partial charge in [-0.1, -0.05) is 18.2 Å². The third-order valence-electron chi connectivity index (χ3n) is 8.88. The normalized spacial score (nSPS) is 18.5. The molecule has 2 saturated heterocycles. The Hall–Kier alpha value is -5.19. The van der Waals surface area contributed by atoms with Crippen LogP contribution >= 0.6 is 0 Å². The molecule has 50 heavy (non-hydrogen) atoms. The van der Waals surface area contributed by atoms with Crippen molar-refractivity contribution in [2.75, 3.05) is 52.5 Å². The van der Waals surface area contributed by atoms with E-state index in [1.54, 1.807) is 42.2 Å². The highest BCUT2D eigenvalue weighted by atomic mass is 16.8. The first-order chi connectivity index (χ1) is 24.1. The Bertz CT molecular complexity index is 1540. The van der Waals surface area contributed by atoms with Gasteiger partial charge in [0.05, 0.1) is 31.3 Å². The SMILES string of the molecule is CCOC(=O)ON1CCN(C(=O)[C@H](CCC(=O)O)NC(=O)c2cc(OCC(=O)N3CCC(C(=O)NC4CCC4)C3)n(-c3ccccc3)n2)CC1. The summed E-state index contributed by atoms with van der Waals surface area (Å²) in [5.41, 5.74) is 0.426. The summed E-state index contributed by atoms with van der Waals surface area (Å²) in [4.78, 5) is 83.9. The summed E-state index contributed by atoms with van der Waals surface area (Å²) in [5.74, 6) is -2.91. The van der Waals surface area contributed by atoms with Gasteiger partial charge in [0.2, 0.25) is 17.7 Å². The molecule has 2 atom stereocenters. The fraction of sp³-hybridized carbons (Fsp3) is 0.545. The standard InChI is InChI=1S/C33H43N7O10/c1-2-48-33(47)50-39-17-15-37(16-18-39)32(46)25(11-12-29(42)43)35-31(45)26-19-28(40(36-26)24-9-4-3-5-10-24)49-21-27(41)38-14-13-22(20-38)30(44)34-23-7-6-8-23/h3-5,9-10,19,22-23,25H,2,6-8,11-18,20-21H2,1H3,(H,34,44)(H,35,45)(H,42,43)/t22?,25-/m0/s1. The third kappa shape index (κ3) is 9.49. The molecule has 270 valence electrons. The van der Waals surface area contributed by atoms with Gasteiger partial charge in [-0.15, -0.1) is 5.06 Å². The second-order valence-electron chi connectivity index (χ2n) is 12.4. The molecular weight excluding hydrogens is 654 g/mol. The maximum absolute atomic E-state index is 13.5. The number of hydrogen-bond acceptors (Lipinski definition) is 11. The van der Waals surface area contributed by atoms with Crippen molar-refractivity contribution in [1.82, 2.24) is 35.3 Å². The van der Waals surface area contributed by atoms with Crippen molar-refractivity contribution in [2.24, 2.45) is 5.92 Å². The van der Waals surface area contributed by atoms with E-state index < -0.39 is 30.0 Å². The van der Waals surface area contributed by atoms with Crippen LogP contribution in [0.5, 0.6) is 5.88 Å². The van der Waals surface area contributed by atoms with Crippen molar-refractivity contribution < 1.29 is 48.2 Å². The number of carboxylic acids is 1. The van der Waals surface area contributed by atoms with Crippen molar-refractivity contribution in [3.05, 3.63) is 42.1 Å². The van der Waals surface area contributed by atoms with Crippen molar-refractivity contribution in [3.63, 3.8) is 0 Å². The maximum atomic E-state index is 13.5. The lowest BCUT2D eigenvalue weighted by Gasteiger charge is -2.35. The molecule has 5 rings (SSSR count). The van der Waals surface area contributed by atoms with Crippen LogP contribution in [0.1, 0.15) is 55.9 Å². The summed E-state index contributed by atoms with van der Waals surface area (Å²) in [7, 11) is 0. The smallest absolute Gasteiger partial charge is 0.481 e. The molecule has 0 spiro atoms. The van der Waals surface area contributed by atoms with E-state index in [-0.39, 0.29) is 87.6 Å². The summed E-state index contributed by atoms with van der Waals surface area (Å²) < 4.78 is 12.0. The van der Waals surface area contributed by atoms with Gasteiger partial charge >= 0.3 is 12.1 Å². The number of aromatic nitrogens is 2. The molecule has 3 heterocycles. The molecule has 0 radical (unpaired) electrons. The van der Waals surface area contributed by atoms with Crippen LogP contribution in [-0.2, 0) is 28.8 Å². The number of nitrogens with zero attached hydrogens (tertiary/aromatic N) is 5. The Morgan fingerprint density at radius 3 is 2.38 bits per heavy atom. The number of rotatable bonds is 14. The minimum atomic E-state index is -1.19. The number of carboxylic acid groups (broad SMARTS) is 1.